The average molecular weight is 380 g/mol. The molecule has 0 aliphatic rings. The third kappa shape index (κ3) is 4.71. The van der Waals surface area contributed by atoms with Gasteiger partial charge in [-0.2, -0.15) is 0 Å². The Morgan fingerprint density at radius 1 is 0.815 bits per heavy atom. The van der Waals surface area contributed by atoms with E-state index in [1.54, 1.807) is 36.4 Å². The molecule has 0 spiro atoms. The number of anilines is 2. The van der Waals surface area contributed by atoms with Gasteiger partial charge in [0.05, 0.1) is 0 Å². The fourth-order valence-corrected chi connectivity index (χ4v) is 2.65. The summed E-state index contributed by atoms with van der Waals surface area (Å²) >= 11 is 6.08. The van der Waals surface area contributed by atoms with Gasteiger partial charge in [0.25, 0.3) is 11.8 Å². The van der Waals surface area contributed by atoms with Crippen LogP contribution in [0.2, 0.25) is 5.02 Å². The molecule has 0 bridgehead atoms. The smallest absolute Gasteiger partial charge is 0.274 e. The molecule has 2 amide bonds. The quantitative estimate of drug-likeness (QED) is 0.680. The fraction of sp³-hybridized carbons (Fsp3) is 0.0952. The minimum atomic E-state index is -0.417. The minimum absolute atomic E-state index is 0.142. The standard InChI is InChI=1S/C21H18ClN3O2/c1-13-5-3-6-15(11-13)23-20(26)18-7-4-8-19(25-18)21(27)24-16-10-9-14(2)17(22)12-16/h3-12H,1-2H3,(H,23,26)(H,24,27). The number of carbonyl (C=O) groups is 2. The van der Waals surface area contributed by atoms with Crippen molar-refractivity contribution < 1.29 is 9.59 Å². The van der Waals surface area contributed by atoms with Crippen LogP contribution >= 0.6 is 11.6 Å². The lowest BCUT2D eigenvalue weighted by Crippen LogP contribution is -2.18. The molecule has 3 rings (SSSR count). The Morgan fingerprint density at radius 2 is 1.41 bits per heavy atom. The molecule has 0 unspecified atom stereocenters. The number of pyridine rings is 1. The van der Waals surface area contributed by atoms with E-state index in [1.165, 1.54) is 0 Å². The van der Waals surface area contributed by atoms with E-state index in [0.717, 1.165) is 11.1 Å². The van der Waals surface area contributed by atoms with Crippen LogP contribution in [0.4, 0.5) is 11.4 Å². The zero-order chi connectivity index (χ0) is 19.4. The van der Waals surface area contributed by atoms with Crippen molar-refractivity contribution in [2.45, 2.75) is 13.8 Å². The number of hydrogen-bond donors (Lipinski definition) is 2. The second-order valence-electron chi connectivity index (χ2n) is 6.15. The Labute approximate surface area is 162 Å². The maximum Gasteiger partial charge on any atom is 0.274 e. The number of aryl methyl sites for hydroxylation is 2. The summed E-state index contributed by atoms with van der Waals surface area (Å²) in [6.45, 7) is 3.82. The van der Waals surface area contributed by atoms with Crippen LogP contribution < -0.4 is 10.6 Å². The second-order valence-corrected chi connectivity index (χ2v) is 6.56. The van der Waals surface area contributed by atoms with Crippen LogP contribution in [0.25, 0.3) is 0 Å². The summed E-state index contributed by atoms with van der Waals surface area (Å²) in [4.78, 5) is 29.0. The van der Waals surface area contributed by atoms with E-state index < -0.39 is 5.91 Å². The highest BCUT2D eigenvalue weighted by atomic mass is 35.5. The van der Waals surface area contributed by atoms with E-state index in [9.17, 15) is 9.59 Å². The van der Waals surface area contributed by atoms with E-state index in [2.05, 4.69) is 15.6 Å². The monoisotopic (exact) mass is 379 g/mol. The van der Waals surface area contributed by atoms with E-state index in [4.69, 9.17) is 11.6 Å². The van der Waals surface area contributed by atoms with Gasteiger partial charge in [-0.25, -0.2) is 4.98 Å². The fourth-order valence-electron chi connectivity index (χ4n) is 2.47. The molecule has 1 aromatic heterocycles. The van der Waals surface area contributed by atoms with Gasteiger partial charge in [0.2, 0.25) is 0 Å². The van der Waals surface area contributed by atoms with Crippen LogP contribution in [0.1, 0.15) is 32.1 Å². The second kappa shape index (κ2) is 8.01. The minimum Gasteiger partial charge on any atom is -0.321 e. The molecule has 1 heterocycles. The number of nitrogens with one attached hydrogen (secondary N) is 2. The SMILES string of the molecule is Cc1cccc(NC(=O)c2cccc(C(=O)Nc3ccc(C)c(Cl)c3)n2)c1. The van der Waals surface area contributed by atoms with Crippen molar-refractivity contribution in [1.29, 1.82) is 0 Å². The summed E-state index contributed by atoms with van der Waals surface area (Å²) in [5, 5.41) is 6.07. The molecule has 0 aliphatic carbocycles. The first-order valence-electron chi connectivity index (χ1n) is 8.35. The van der Waals surface area contributed by atoms with E-state index in [-0.39, 0.29) is 17.3 Å². The molecule has 2 N–H and O–H groups in total. The van der Waals surface area contributed by atoms with Crippen molar-refractivity contribution in [3.8, 4) is 0 Å². The molecule has 3 aromatic rings. The molecule has 2 aromatic carbocycles. The van der Waals surface area contributed by atoms with Crippen LogP contribution in [-0.2, 0) is 0 Å². The summed E-state index contributed by atoms with van der Waals surface area (Å²) in [5.74, 6) is -0.797. The lowest BCUT2D eigenvalue weighted by atomic mass is 10.2. The number of hydrogen-bond acceptors (Lipinski definition) is 3. The third-order valence-corrected chi connectivity index (χ3v) is 4.33. The molecule has 136 valence electrons. The Morgan fingerprint density at radius 3 is 2.00 bits per heavy atom. The molecule has 0 atom stereocenters. The number of amides is 2. The van der Waals surface area contributed by atoms with Crippen molar-refractivity contribution in [2.75, 3.05) is 10.6 Å². The normalized spacial score (nSPS) is 10.3. The molecule has 0 saturated heterocycles. The van der Waals surface area contributed by atoms with E-state index >= 15 is 0 Å². The van der Waals surface area contributed by atoms with E-state index in [0.29, 0.717) is 16.4 Å². The molecule has 0 saturated carbocycles. The Kier molecular flexibility index (Phi) is 5.52. The molecule has 27 heavy (non-hydrogen) atoms. The largest absolute Gasteiger partial charge is 0.321 e. The molecular weight excluding hydrogens is 362 g/mol. The average Bonchev–Trinajstić information content (AvgIpc) is 2.65. The summed E-state index contributed by atoms with van der Waals surface area (Å²) in [7, 11) is 0. The van der Waals surface area contributed by atoms with Crippen molar-refractivity contribution in [3.63, 3.8) is 0 Å². The van der Waals surface area contributed by atoms with Gasteiger partial charge < -0.3 is 10.6 Å². The Bertz CT molecular complexity index is 1020. The number of nitrogens with zero attached hydrogens (tertiary/aromatic N) is 1. The number of benzene rings is 2. The van der Waals surface area contributed by atoms with Gasteiger partial charge in [-0.1, -0.05) is 35.9 Å². The third-order valence-electron chi connectivity index (χ3n) is 3.92. The number of halogens is 1. The Hall–Kier alpha value is -3.18. The topological polar surface area (TPSA) is 71.1 Å². The highest BCUT2D eigenvalue weighted by molar-refractivity contribution is 6.31. The van der Waals surface area contributed by atoms with Gasteiger partial charge >= 0.3 is 0 Å². The maximum absolute atomic E-state index is 12.4. The molecule has 6 heteroatoms. The highest BCUT2D eigenvalue weighted by Crippen LogP contribution is 2.20. The Balaban J connectivity index is 1.75. The van der Waals surface area contributed by atoms with Crippen molar-refractivity contribution in [2.24, 2.45) is 0 Å². The lowest BCUT2D eigenvalue weighted by Gasteiger charge is -2.08. The summed E-state index contributed by atoms with van der Waals surface area (Å²) < 4.78 is 0. The van der Waals surface area contributed by atoms with Gasteiger partial charge in [-0.3, -0.25) is 9.59 Å². The molecule has 0 radical (unpaired) electrons. The van der Waals surface area contributed by atoms with Crippen LogP contribution in [0, 0.1) is 13.8 Å². The van der Waals surface area contributed by atoms with Crippen LogP contribution in [0.3, 0.4) is 0 Å². The maximum atomic E-state index is 12.4. The van der Waals surface area contributed by atoms with Gasteiger partial charge in [0.15, 0.2) is 0 Å². The van der Waals surface area contributed by atoms with Gasteiger partial charge in [0, 0.05) is 16.4 Å². The summed E-state index contributed by atoms with van der Waals surface area (Å²) in [5.41, 5.74) is 3.49. The van der Waals surface area contributed by atoms with Crippen molar-refractivity contribution in [3.05, 3.63) is 88.2 Å². The van der Waals surface area contributed by atoms with Crippen LogP contribution in [0.15, 0.2) is 60.7 Å². The lowest BCUT2D eigenvalue weighted by molar-refractivity contribution is 0.101. The first-order valence-corrected chi connectivity index (χ1v) is 8.73. The molecular formula is C21H18ClN3O2. The number of aromatic nitrogens is 1. The first kappa shape index (κ1) is 18.6. The zero-order valence-electron chi connectivity index (χ0n) is 14.9. The van der Waals surface area contributed by atoms with Gasteiger partial charge in [-0.05, 0) is 61.4 Å². The molecule has 0 fully saturated rings. The predicted molar refractivity (Wildman–Crippen MR) is 108 cm³/mol. The summed E-state index contributed by atoms with van der Waals surface area (Å²) in [6.07, 6.45) is 0. The van der Waals surface area contributed by atoms with Crippen molar-refractivity contribution >= 4 is 34.8 Å². The number of carbonyl (C=O) groups excluding carboxylic acids is 2. The number of rotatable bonds is 4. The van der Waals surface area contributed by atoms with Crippen molar-refractivity contribution in [1.82, 2.24) is 4.98 Å². The predicted octanol–water partition coefficient (Wildman–Crippen LogP) is 4.86. The molecule has 0 aliphatic heterocycles. The van der Waals surface area contributed by atoms with E-state index in [1.807, 2.05) is 38.1 Å². The summed E-state index contributed by atoms with van der Waals surface area (Å²) in [6, 6.07) is 17.4. The zero-order valence-corrected chi connectivity index (χ0v) is 15.7. The van der Waals surface area contributed by atoms with Gasteiger partial charge in [-0.15, -0.1) is 0 Å². The molecule has 5 nitrogen and oxygen atoms in total. The van der Waals surface area contributed by atoms with Crippen LogP contribution in [-0.4, -0.2) is 16.8 Å². The van der Waals surface area contributed by atoms with Crippen LogP contribution in [0.5, 0.6) is 0 Å². The highest BCUT2D eigenvalue weighted by Gasteiger charge is 2.13. The van der Waals surface area contributed by atoms with Gasteiger partial charge in [0.1, 0.15) is 11.4 Å². The first-order chi connectivity index (χ1) is 12.9.